The molecule has 0 saturated heterocycles. The molecule has 22 heavy (non-hydrogen) atoms. The highest BCUT2D eigenvalue weighted by Crippen LogP contribution is 2.35. The zero-order chi connectivity index (χ0) is 15.5. The van der Waals surface area contributed by atoms with Gasteiger partial charge in [0.25, 0.3) is 0 Å². The van der Waals surface area contributed by atoms with Crippen molar-refractivity contribution < 1.29 is 9.53 Å². The smallest absolute Gasteiger partial charge is 0.338 e. The fourth-order valence-corrected chi connectivity index (χ4v) is 3.96. The molecular formula is C18H15BrO2S. The molecule has 3 aromatic rings. The third kappa shape index (κ3) is 2.94. The number of benzene rings is 2. The normalized spacial score (nSPS) is 10.8. The molecule has 0 aliphatic carbocycles. The van der Waals surface area contributed by atoms with Gasteiger partial charge in [0.1, 0.15) is 0 Å². The molecule has 0 unspecified atom stereocenters. The Kier molecular flexibility index (Phi) is 4.60. The van der Waals surface area contributed by atoms with Crippen LogP contribution in [0.1, 0.15) is 22.2 Å². The van der Waals surface area contributed by atoms with Gasteiger partial charge in [0, 0.05) is 14.9 Å². The number of ether oxygens (including phenoxy) is 1. The highest BCUT2D eigenvalue weighted by molar-refractivity contribution is 9.08. The zero-order valence-electron chi connectivity index (χ0n) is 12.1. The first-order valence-corrected chi connectivity index (χ1v) is 9.01. The molecule has 4 heteroatoms. The predicted octanol–water partition coefficient (Wildman–Crippen LogP) is 5.64. The number of hydrogen-bond acceptors (Lipinski definition) is 3. The van der Waals surface area contributed by atoms with Crippen LogP contribution >= 0.6 is 27.3 Å². The minimum absolute atomic E-state index is 0.273. The maximum absolute atomic E-state index is 11.7. The Balaban J connectivity index is 2.00. The van der Waals surface area contributed by atoms with Crippen LogP contribution in [0.25, 0.3) is 21.2 Å². The SMILES string of the molecule is CCOC(=O)c1ccc(-c2cccc3cc(CBr)sc23)cc1. The van der Waals surface area contributed by atoms with Gasteiger partial charge in [-0.05, 0) is 41.6 Å². The first-order chi connectivity index (χ1) is 10.7. The van der Waals surface area contributed by atoms with Gasteiger partial charge in [-0.25, -0.2) is 4.79 Å². The van der Waals surface area contributed by atoms with Gasteiger partial charge in [-0.1, -0.05) is 46.3 Å². The minimum atomic E-state index is -0.273. The number of fused-ring (bicyclic) bond motifs is 1. The largest absolute Gasteiger partial charge is 0.462 e. The molecule has 0 N–H and O–H groups in total. The summed E-state index contributed by atoms with van der Waals surface area (Å²) in [5, 5.41) is 2.12. The van der Waals surface area contributed by atoms with E-state index in [4.69, 9.17) is 4.74 Å². The van der Waals surface area contributed by atoms with Gasteiger partial charge in [0.15, 0.2) is 0 Å². The van der Waals surface area contributed by atoms with Crippen molar-refractivity contribution in [2.45, 2.75) is 12.3 Å². The van der Waals surface area contributed by atoms with E-state index in [1.54, 1.807) is 11.3 Å². The Hall–Kier alpha value is -1.65. The van der Waals surface area contributed by atoms with Gasteiger partial charge in [-0.2, -0.15) is 0 Å². The average molecular weight is 375 g/mol. The number of alkyl halides is 1. The molecule has 112 valence electrons. The first kappa shape index (κ1) is 15.3. The maximum Gasteiger partial charge on any atom is 0.338 e. The third-order valence-electron chi connectivity index (χ3n) is 3.43. The van der Waals surface area contributed by atoms with E-state index in [2.05, 4.69) is 40.2 Å². The predicted molar refractivity (Wildman–Crippen MR) is 95.8 cm³/mol. The Bertz CT molecular complexity index is 806. The van der Waals surface area contributed by atoms with E-state index in [1.165, 1.54) is 20.5 Å². The van der Waals surface area contributed by atoms with E-state index < -0.39 is 0 Å². The molecule has 1 heterocycles. The van der Waals surface area contributed by atoms with Crippen molar-refractivity contribution in [1.29, 1.82) is 0 Å². The molecule has 0 atom stereocenters. The quantitative estimate of drug-likeness (QED) is 0.436. The minimum Gasteiger partial charge on any atom is -0.462 e. The zero-order valence-corrected chi connectivity index (χ0v) is 14.5. The Morgan fingerprint density at radius 2 is 1.95 bits per heavy atom. The van der Waals surface area contributed by atoms with Crippen molar-refractivity contribution in [3.8, 4) is 11.1 Å². The van der Waals surface area contributed by atoms with Gasteiger partial charge in [-0.3, -0.25) is 0 Å². The lowest BCUT2D eigenvalue weighted by atomic mass is 10.0. The molecule has 0 spiro atoms. The summed E-state index contributed by atoms with van der Waals surface area (Å²) < 4.78 is 6.30. The fourth-order valence-electron chi connectivity index (χ4n) is 2.41. The summed E-state index contributed by atoms with van der Waals surface area (Å²) in [5.41, 5.74) is 2.90. The molecule has 2 aromatic carbocycles. The number of carbonyl (C=O) groups excluding carboxylic acids is 1. The van der Waals surface area contributed by atoms with Crippen molar-refractivity contribution in [3.63, 3.8) is 0 Å². The number of esters is 1. The summed E-state index contributed by atoms with van der Waals surface area (Å²) in [5.74, 6) is -0.273. The summed E-state index contributed by atoms with van der Waals surface area (Å²) in [4.78, 5) is 13.0. The molecule has 0 amide bonds. The Morgan fingerprint density at radius 3 is 2.64 bits per heavy atom. The molecule has 2 nitrogen and oxygen atoms in total. The van der Waals surface area contributed by atoms with E-state index in [0.29, 0.717) is 12.2 Å². The number of halogens is 1. The second kappa shape index (κ2) is 6.63. The standard InChI is InChI=1S/C18H15BrO2S/c1-2-21-18(20)13-8-6-12(7-9-13)16-5-3-4-14-10-15(11-19)22-17(14)16/h3-10H,2,11H2,1H3. The summed E-state index contributed by atoms with van der Waals surface area (Å²) in [6.07, 6.45) is 0. The molecule has 0 bridgehead atoms. The molecule has 0 aliphatic rings. The average Bonchev–Trinajstić information content (AvgIpc) is 2.98. The number of thiophene rings is 1. The van der Waals surface area contributed by atoms with E-state index >= 15 is 0 Å². The van der Waals surface area contributed by atoms with Crippen LogP contribution in [0.4, 0.5) is 0 Å². The monoisotopic (exact) mass is 374 g/mol. The highest BCUT2D eigenvalue weighted by atomic mass is 79.9. The number of rotatable bonds is 4. The Labute approximate surface area is 141 Å². The van der Waals surface area contributed by atoms with Crippen molar-refractivity contribution in [2.24, 2.45) is 0 Å². The summed E-state index contributed by atoms with van der Waals surface area (Å²) in [7, 11) is 0. The van der Waals surface area contributed by atoms with E-state index in [0.717, 1.165) is 10.9 Å². The Morgan fingerprint density at radius 1 is 1.18 bits per heavy atom. The molecule has 3 rings (SSSR count). The van der Waals surface area contributed by atoms with Gasteiger partial charge in [0.2, 0.25) is 0 Å². The van der Waals surface area contributed by atoms with E-state index in [9.17, 15) is 4.79 Å². The summed E-state index contributed by atoms with van der Waals surface area (Å²) >= 11 is 5.31. The lowest BCUT2D eigenvalue weighted by Gasteiger charge is -2.05. The molecule has 0 aliphatic heterocycles. The van der Waals surface area contributed by atoms with Crippen LogP contribution in [0.15, 0.2) is 48.5 Å². The van der Waals surface area contributed by atoms with Gasteiger partial charge in [0.05, 0.1) is 12.2 Å². The second-order valence-corrected chi connectivity index (χ2v) is 6.57. The molecular weight excluding hydrogens is 360 g/mol. The summed E-state index contributed by atoms with van der Waals surface area (Å²) in [6.45, 7) is 2.20. The lowest BCUT2D eigenvalue weighted by molar-refractivity contribution is 0.0526. The third-order valence-corrected chi connectivity index (χ3v) is 5.59. The van der Waals surface area contributed by atoms with Crippen LogP contribution in [0.3, 0.4) is 0 Å². The van der Waals surface area contributed by atoms with Crippen molar-refractivity contribution >= 4 is 43.3 Å². The molecule has 1 aromatic heterocycles. The van der Waals surface area contributed by atoms with Crippen LogP contribution in [0.2, 0.25) is 0 Å². The van der Waals surface area contributed by atoms with Gasteiger partial charge >= 0.3 is 5.97 Å². The van der Waals surface area contributed by atoms with E-state index in [1.807, 2.05) is 31.2 Å². The molecule has 0 saturated carbocycles. The van der Waals surface area contributed by atoms with Crippen LogP contribution in [-0.4, -0.2) is 12.6 Å². The van der Waals surface area contributed by atoms with Crippen molar-refractivity contribution in [1.82, 2.24) is 0 Å². The van der Waals surface area contributed by atoms with E-state index in [-0.39, 0.29) is 5.97 Å². The van der Waals surface area contributed by atoms with Crippen LogP contribution in [-0.2, 0) is 10.1 Å². The second-order valence-electron chi connectivity index (χ2n) is 4.87. The lowest BCUT2D eigenvalue weighted by Crippen LogP contribution is -2.03. The fraction of sp³-hybridized carbons (Fsp3) is 0.167. The van der Waals surface area contributed by atoms with Crippen LogP contribution < -0.4 is 0 Å². The van der Waals surface area contributed by atoms with Crippen LogP contribution in [0.5, 0.6) is 0 Å². The topological polar surface area (TPSA) is 26.3 Å². The summed E-state index contributed by atoms with van der Waals surface area (Å²) in [6, 6.07) is 16.1. The first-order valence-electron chi connectivity index (χ1n) is 7.08. The maximum atomic E-state index is 11.7. The number of carbonyl (C=O) groups is 1. The molecule has 0 radical (unpaired) electrons. The van der Waals surface area contributed by atoms with Crippen molar-refractivity contribution in [2.75, 3.05) is 6.61 Å². The van der Waals surface area contributed by atoms with Gasteiger partial charge in [-0.15, -0.1) is 11.3 Å². The molecule has 0 fully saturated rings. The van der Waals surface area contributed by atoms with Crippen LogP contribution in [0, 0.1) is 0 Å². The van der Waals surface area contributed by atoms with Crippen molar-refractivity contribution in [3.05, 3.63) is 59.0 Å². The highest BCUT2D eigenvalue weighted by Gasteiger charge is 2.10. The van der Waals surface area contributed by atoms with Gasteiger partial charge < -0.3 is 4.74 Å². The number of hydrogen-bond donors (Lipinski definition) is 0.